The summed E-state index contributed by atoms with van der Waals surface area (Å²) in [5, 5.41) is 10.3. The average Bonchev–Trinajstić information content (AvgIpc) is 3.20. The third-order valence-corrected chi connectivity index (χ3v) is 5.36. The molecule has 1 aromatic heterocycles. The van der Waals surface area contributed by atoms with E-state index in [0.29, 0.717) is 5.56 Å². The number of aromatic amines is 1. The molecular formula is C23H26N4O. The fourth-order valence-corrected chi connectivity index (χ4v) is 3.82. The first kappa shape index (κ1) is 18.4. The van der Waals surface area contributed by atoms with Crippen LogP contribution in [-0.4, -0.2) is 40.1 Å². The second-order valence-corrected chi connectivity index (χ2v) is 7.54. The van der Waals surface area contributed by atoms with Gasteiger partial charge in [0.25, 0.3) is 5.91 Å². The van der Waals surface area contributed by atoms with Crippen molar-refractivity contribution in [3.63, 3.8) is 0 Å². The number of hydrogen-bond acceptors (Lipinski definition) is 3. The van der Waals surface area contributed by atoms with Crippen LogP contribution in [-0.2, 0) is 6.54 Å². The number of benzene rings is 2. The van der Waals surface area contributed by atoms with E-state index >= 15 is 0 Å². The van der Waals surface area contributed by atoms with E-state index in [4.69, 9.17) is 0 Å². The minimum Gasteiger partial charge on any atom is -0.349 e. The van der Waals surface area contributed by atoms with Crippen LogP contribution < -0.4 is 5.32 Å². The number of amides is 1. The highest BCUT2D eigenvalue weighted by atomic mass is 16.1. The van der Waals surface area contributed by atoms with Crippen LogP contribution in [0.4, 0.5) is 0 Å². The van der Waals surface area contributed by atoms with Gasteiger partial charge in [-0.3, -0.25) is 14.8 Å². The van der Waals surface area contributed by atoms with Gasteiger partial charge >= 0.3 is 0 Å². The first-order chi connectivity index (χ1) is 13.7. The predicted octanol–water partition coefficient (Wildman–Crippen LogP) is 3.78. The molecule has 1 saturated heterocycles. The largest absolute Gasteiger partial charge is 0.349 e. The summed E-state index contributed by atoms with van der Waals surface area (Å²) in [6, 6.07) is 18.9. The van der Waals surface area contributed by atoms with Gasteiger partial charge in [-0.1, -0.05) is 54.1 Å². The molecule has 28 heavy (non-hydrogen) atoms. The Morgan fingerprint density at radius 3 is 2.68 bits per heavy atom. The topological polar surface area (TPSA) is 61.0 Å². The van der Waals surface area contributed by atoms with Crippen molar-refractivity contribution in [3.8, 4) is 11.3 Å². The average molecular weight is 374 g/mol. The molecule has 5 heteroatoms. The lowest BCUT2D eigenvalue weighted by atomic mass is 10.0. The molecule has 0 radical (unpaired) electrons. The molecule has 2 N–H and O–H groups in total. The number of nitrogens with zero attached hydrogens (tertiary/aromatic N) is 2. The number of rotatable bonds is 5. The molecule has 4 rings (SSSR count). The lowest BCUT2D eigenvalue weighted by molar-refractivity contribution is 0.0909. The van der Waals surface area contributed by atoms with E-state index in [1.54, 1.807) is 6.20 Å². The molecule has 1 aliphatic heterocycles. The first-order valence-corrected chi connectivity index (χ1v) is 9.86. The highest BCUT2D eigenvalue weighted by Crippen LogP contribution is 2.22. The van der Waals surface area contributed by atoms with Crippen molar-refractivity contribution < 1.29 is 4.79 Å². The number of hydrogen-bond donors (Lipinski definition) is 2. The molecular weight excluding hydrogens is 348 g/mol. The number of likely N-dealkylation sites (tertiary alicyclic amines) is 1. The molecule has 1 fully saturated rings. The number of aryl methyl sites for hydroxylation is 1. The van der Waals surface area contributed by atoms with Crippen molar-refractivity contribution in [2.24, 2.45) is 0 Å². The summed E-state index contributed by atoms with van der Waals surface area (Å²) in [5.74, 6) is -0.0493. The maximum absolute atomic E-state index is 12.8. The molecule has 0 atom stereocenters. The number of aromatic nitrogens is 2. The van der Waals surface area contributed by atoms with Gasteiger partial charge < -0.3 is 5.32 Å². The molecule has 2 aromatic carbocycles. The molecule has 0 spiro atoms. The first-order valence-electron chi connectivity index (χ1n) is 9.86. The van der Waals surface area contributed by atoms with Gasteiger partial charge in [0.1, 0.15) is 0 Å². The number of carbonyl (C=O) groups is 1. The zero-order valence-corrected chi connectivity index (χ0v) is 16.2. The van der Waals surface area contributed by atoms with Crippen LogP contribution in [0.3, 0.4) is 0 Å². The van der Waals surface area contributed by atoms with Crippen LogP contribution in [0.1, 0.15) is 34.3 Å². The van der Waals surface area contributed by atoms with Crippen molar-refractivity contribution >= 4 is 5.91 Å². The molecule has 0 saturated carbocycles. The van der Waals surface area contributed by atoms with Crippen LogP contribution in [0.2, 0.25) is 0 Å². The quantitative estimate of drug-likeness (QED) is 0.714. The molecule has 5 nitrogen and oxygen atoms in total. The standard InChI is InChI=1S/C23H26N4O/c1-17-6-5-9-19(14-17)22-21(15-24-26-22)23(28)25-20-10-12-27(13-11-20)16-18-7-3-2-4-8-18/h2-9,14-15,20H,10-13,16H2,1H3,(H,24,26)(H,25,28). The van der Waals surface area contributed by atoms with Crippen molar-refractivity contribution in [1.29, 1.82) is 0 Å². The molecule has 0 aliphatic carbocycles. The van der Waals surface area contributed by atoms with E-state index in [0.717, 1.165) is 49.3 Å². The lowest BCUT2D eigenvalue weighted by Gasteiger charge is -2.32. The van der Waals surface area contributed by atoms with E-state index < -0.39 is 0 Å². The Balaban J connectivity index is 1.35. The van der Waals surface area contributed by atoms with Crippen molar-refractivity contribution in [3.05, 3.63) is 77.5 Å². The van der Waals surface area contributed by atoms with Gasteiger partial charge in [-0.25, -0.2) is 0 Å². The van der Waals surface area contributed by atoms with E-state index in [-0.39, 0.29) is 11.9 Å². The minimum atomic E-state index is -0.0493. The Kier molecular flexibility index (Phi) is 5.53. The molecule has 0 bridgehead atoms. The molecule has 1 amide bonds. The lowest BCUT2D eigenvalue weighted by Crippen LogP contribution is -2.44. The molecule has 1 aliphatic rings. The fraction of sp³-hybridized carbons (Fsp3) is 0.304. The predicted molar refractivity (Wildman–Crippen MR) is 111 cm³/mol. The summed E-state index contributed by atoms with van der Waals surface area (Å²) in [6.07, 6.45) is 3.56. The Morgan fingerprint density at radius 2 is 1.93 bits per heavy atom. The van der Waals surface area contributed by atoms with Crippen molar-refractivity contribution in [2.75, 3.05) is 13.1 Å². The monoisotopic (exact) mass is 374 g/mol. The molecule has 3 aromatic rings. The summed E-state index contributed by atoms with van der Waals surface area (Å²) in [6.45, 7) is 5.01. The second-order valence-electron chi connectivity index (χ2n) is 7.54. The van der Waals surface area contributed by atoms with Crippen LogP contribution in [0.5, 0.6) is 0 Å². The van der Waals surface area contributed by atoms with Crippen molar-refractivity contribution in [1.82, 2.24) is 20.4 Å². The van der Waals surface area contributed by atoms with Crippen LogP contribution in [0.25, 0.3) is 11.3 Å². The minimum absolute atomic E-state index is 0.0493. The van der Waals surface area contributed by atoms with Gasteiger partial charge in [-0.15, -0.1) is 0 Å². The maximum Gasteiger partial charge on any atom is 0.255 e. The Morgan fingerprint density at radius 1 is 1.14 bits per heavy atom. The zero-order valence-electron chi connectivity index (χ0n) is 16.2. The second kappa shape index (κ2) is 8.40. The van der Waals surface area contributed by atoms with Crippen LogP contribution in [0.15, 0.2) is 60.8 Å². The zero-order chi connectivity index (χ0) is 19.3. The number of H-pyrrole nitrogens is 1. The van der Waals surface area contributed by atoms with Gasteiger partial charge in [-0.2, -0.15) is 5.10 Å². The highest BCUT2D eigenvalue weighted by Gasteiger charge is 2.23. The molecule has 2 heterocycles. The van der Waals surface area contributed by atoms with Crippen LogP contribution >= 0.6 is 0 Å². The Labute approximate surface area is 165 Å². The maximum atomic E-state index is 12.8. The van der Waals surface area contributed by atoms with Gasteiger partial charge in [0.2, 0.25) is 0 Å². The normalized spacial score (nSPS) is 15.5. The smallest absolute Gasteiger partial charge is 0.255 e. The summed E-state index contributed by atoms with van der Waals surface area (Å²) in [5.41, 5.74) is 4.87. The van der Waals surface area contributed by atoms with Gasteiger partial charge in [0, 0.05) is 31.2 Å². The SMILES string of the molecule is Cc1cccc(-c2[nH]ncc2C(=O)NC2CCN(Cc3ccccc3)CC2)c1. The van der Waals surface area contributed by atoms with E-state index in [1.807, 2.05) is 31.2 Å². The number of carbonyl (C=O) groups excluding carboxylic acids is 1. The summed E-state index contributed by atoms with van der Waals surface area (Å²) < 4.78 is 0. The third kappa shape index (κ3) is 4.31. The van der Waals surface area contributed by atoms with Gasteiger partial charge in [0.05, 0.1) is 17.5 Å². The van der Waals surface area contributed by atoms with Gasteiger partial charge in [-0.05, 0) is 31.4 Å². The van der Waals surface area contributed by atoms with Crippen molar-refractivity contribution in [2.45, 2.75) is 32.4 Å². The summed E-state index contributed by atoms with van der Waals surface area (Å²) in [7, 11) is 0. The Hall–Kier alpha value is -2.92. The molecule has 144 valence electrons. The highest BCUT2D eigenvalue weighted by molar-refractivity contribution is 5.99. The van der Waals surface area contributed by atoms with Gasteiger partial charge in [0.15, 0.2) is 0 Å². The van der Waals surface area contributed by atoms with E-state index in [1.165, 1.54) is 5.56 Å². The van der Waals surface area contributed by atoms with E-state index in [9.17, 15) is 4.79 Å². The Bertz CT molecular complexity index is 927. The summed E-state index contributed by atoms with van der Waals surface area (Å²) >= 11 is 0. The number of piperidine rings is 1. The fourth-order valence-electron chi connectivity index (χ4n) is 3.82. The summed E-state index contributed by atoms with van der Waals surface area (Å²) in [4.78, 5) is 15.3. The van der Waals surface area contributed by atoms with E-state index in [2.05, 4.69) is 50.7 Å². The number of nitrogens with one attached hydrogen (secondary N) is 2. The third-order valence-electron chi connectivity index (χ3n) is 5.36. The van der Waals surface area contributed by atoms with Crippen LogP contribution in [0, 0.1) is 6.92 Å². The molecule has 0 unspecified atom stereocenters.